The van der Waals surface area contributed by atoms with Gasteiger partial charge in [-0.2, -0.15) is 5.26 Å². The molecule has 4 heterocycles. The average Bonchev–Trinajstić information content (AvgIpc) is 1.72. The van der Waals surface area contributed by atoms with Crippen LogP contribution in [0.4, 0.5) is 0 Å². The molecule has 27 nitrogen and oxygen atoms in total. The first-order valence-electron chi connectivity index (χ1n) is 31.1. The molecule has 4 aliphatic rings. The van der Waals surface area contributed by atoms with Gasteiger partial charge in [0.05, 0.1) is 43.3 Å². The Bertz CT molecular complexity index is 2300. The maximum atomic E-state index is 12.0. The Morgan fingerprint density at radius 1 is 0.609 bits per heavy atom. The number of halogens is 1. The summed E-state index contributed by atoms with van der Waals surface area (Å²) in [7, 11) is 29.7. The van der Waals surface area contributed by atoms with Crippen LogP contribution in [0.5, 0.6) is 0 Å². The molecule has 34 heteroatoms. The second-order valence-corrected chi connectivity index (χ2v) is 28.4. The number of hydrogen-bond donors (Lipinski definition) is 7. The predicted octanol–water partition coefficient (Wildman–Crippen LogP) is 2.73. The number of carbonyl (C=O) groups is 6. The van der Waals surface area contributed by atoms with Gasteiger partial charge in [0.15, 0.2) is 14.5 Å². The number of aliphatic hydroxyl groups excluding tert-OH is 2. The van der Waals surface area contributed by atoms with Crippen LogP contribution in [-0.4, -0.2) is 272 Å². The number of esters is 1. The average molecular weight is 1360 g/mol. The van der Waals surface area contributed by atoms with E-state index in [0.29, 0.717) is 50.9 Å². The highest BCUT2D eigenvalue weighted by Crippen LogP contribution is 2.60. The molecule has 0 aliphatic carbocycles. The number of hydrogen-bond acceptors (Lipinski definition) is 21. The zero-order chi connectivity index (χ0) is 70.7. The Balaban J connectivity index is 0.00000115. The quantitative estimate of drug-likeness (QED) is 0.0186. The monoisotopic (exact) mass is 1360 g/mol. The Hall–Kier alpha value is -3.47. The van der Waals surface area contributed by atoms with Gasteiger partial charge in [-0.3, -0.25) is 33.5 Å². The largest absolute Gasteiger partial charge is 0.457 e. The summed E-state index contributed by atoms with van der Waals surface area (Å²) in [5.74, 6) is -1.84. The molecular formula is C58H103B4ClN8O19P2. The fraction of sp³-hybridized carbons (Fsp3) is 0.862. The lowest BCUT2D eigenvalue weighted by Gasteiger charge is -2.28. The van der Waals surface area contributed by atoms with E-state index in [1.807, 2.05) is 48.2 Å². The zero-order valence-corrected chi connectivity index (χ0v) is 59.6. The molecule has 8 radical (unpaired) electrons. The normalized spacial score (nSPS) is 29.3. The molecule has 4 fully saturated rings. The third kappa shape index (κ3) is 30.3. The molecule has 0 aromatic rings. The number of carbonyl (C=O) groups excluding carboxylic acids is 6. The Kier molecular flexibility index (Phi) is 44.9. The molecule has 4 saturated heterocycles. The fourth-order valence-electron chi connectivity index (χ4n) is 9.28. The minimum atomic E-state index is -1.74. The van der Waals surface area contributed by atoms with E-state index < -0.39 is 124 Å². The number of likely N-dealkylation sites (N-methyl/N-ethyl adjacent to an activating group) is 4. The smallest absolute Gasteiger partial charge is 0.306 e. The van der Waals surface area contributed by atoms with Gasteiger partial charge in [-0.1, -0.05) is 52.8 Å². The van der Waals surface area contributed by atoms with Gasteiger partial charge in [0.2, 0.25) is 36.1 Å². The molecule has 0 aromatic carbocycles. The Morgan fingerprint density at radius 3 is 1.29 bits per heavy atom. The van der Waals surface area contributed by atoms with E-state index in [0.717, 1.165) is 6.16 Å². The van der Waals surface area contributed by atoms with Crippen molar-refractivity contribution < 1.29 is 90.7 Å². The molecule has 4 aliphatic heterocycles. The topological polar surface area (TPSA) is 345 Å². The molecule has 0 saturated carbocycles. The zero-order valence-electron chi connectivity index (χ0n) is 57.0. The van der Waals surface area contributed by atoms with Crippen LogP contribution < -0.4 is 26.6 Å². The number of nitrogens with zero attached hydrogens (tertiary/aromatic N) is 3. The molecule has 0 bridgehead atoms. The van der Waals surface area contributed by atoms with Crippen LogP contribution in [0.1, 0.15) is 128 Å². The number of amides is 5. The first kappa shape index (κ1) is 88.5. The van der Waals surface area contributed by atoms with Crippen molar-refractivity contribution in [3.05, 3.63) is 11.4 Å². The lowest BCUT2D eigenvalue weighted by atomic mass is 9.92. The lowest BCUT2D eigenvalue weighted by molar-refractivity contribution is -0.162. The van der Waals surface area contributed by atoms with Crippen molar-refractivity contribution in [2.75, 3.05) is 61.2 Å². The van der Waals surface area contributed by atoms with Crippen molar-refractivity contribution in [3.63, 3.8) is 0 Å². The summed E-state index contributed by atoms with van der Waals surface area (Å²) < 4.78 is 65.5. The summed E-state index contributed by atoms with van der Waals surface area (Å²) >= 11 is 6.44. The number of ether oxygens (including phenoxy) is 9. The Labute approximate surface area is 557 Å². The summed E-state index contributed by atoms with van der Waals surface area (Å²) in [6, 6.07) is -0.441. The third-order valence-corrected chi connectivity index (χ3v) is 20.9. The molecule has 4 rings (SSSR count). The minimum Gasteiger partial charge on any atom is -0.457 e. The van der Waals surface area contributed by atoms with Crippen molar-refractivity contribution in [2.24, 2.45) is 4.74 Å². The predicted molar refractivity (Wildman–Crippen MR) is 353 cm³/mol. The third-order valence-electron chi connectivity index (χ3n) is 14.6. The molecule has 0 spiro atoms. The van der Waals surface area contributed by atoms with Crippen LogP contribution in [0.15, 0.2) is 4.74 Å². The molecule has 10 unspecified atom stereocenters. The molecule has 5 amide bonds. The van der Waals surface area contributed by atoms with Gasteiger partial charge < -0.3 is 93.3 Å². The van der Waals surface area contributed by atoms with Gasteiger partial charge in [-0.15, -0.1) is 0 Å². The second-order valence-electron chi connectivity index (χ2n) is 22.1. The van der Waals surface area contributed by atoms with Crippen molar-refractivity contribution in [3.8, 4) is 6.07 Å². The second kappa shape index (κ2) is 46.6. The highest BCUT2D eigenvalue weighted by molar-refractivity contribution is 7.91. The number of nitrogens with one attached hydrogen (secondary N) is 5. The van der Waals surface area contributed by atoms with Crippen molar-refractivity contribution in [2.45, 2.75) is 261 Å². The van der Waals surface area contributed by atoms with Crippen LogP contribution in [0, 0.1) is 17.9 Å². The van der Waals surface area contributed by atoms with Crippen LogP contribution in [0.2, 0.25) is 0 Å². The van der Waals surface area contributed by atoms with E-state index in [2.05, 4.69) is 56.1 Å². The van der Waals surface area contributed by atoms with Gasteiger partial charge in [0.1, 0.15) is 105 Å². The van der Waals surface area contributed by atoms with E-state index in [4.69, 9.17) is 106 Å². The van der Waals surface area contributed by atoms with E-state index >= 15 is 0 Å². The molecule has 7 N–H and O–H groups in total. The SMILES string of the molecule is CC(C)N=P(Cl)(CCC#N)C(C)C.[B][C@@H]1O[C@H](CC)C(O)[C@@H]1OC(C)C(=O)NC.[B][C@@H]1O[C@H](CC)C(O)[C@@H]1OC(C)C(=O)NC.[B][C@@H]1O[C@H](CC)C(OC(=O)CCC(=O)NC)[C@@H]1OC(C)C(=O)NC.[B][C@@H]1O[C@H](CC)C(OP(C)OCC[N+]#[C-])[C@@H]1OC(C)C(=O)NC. The van der Waals surface area contributed by atoms with Crippen LogP contribution >= 0.6 is 26.0 Å². The highest BCUT2D eigenvalue weighted by atomic mass is 35.7. The molecule has 518 valence electrons. The Morgan fingerprint density at radius 2 is 0.967 bits per heavy atom. The van der Waals surface area contributed by atoms with Gasteiger partial charge in [-0.05, 0) is 67.2 Å². The molecule has 0 aromatic heterocycles. The van der Waals surface area contributed by atoms with Crippen molar-refractivity contribution in [1.29, 1.82) is 5.26 Å². The maximum Gasteiger partial charge on any atom is 0.306 e. The molecular weight excluding hydrogens is 1250 g/mol. The van der Waals surface area contributed by atoms with Gasteiger partial charge >= 0.3 is 5.97 Å². The van der Waals surface area contributed by atoms with Crippen LogP contribution in [-0.2, 0) is 80.4 Å². The first-order valence-corrected chi connectivity index (χ1v) is 35.7. The summed E-state index contributed by atoms with van der Waals surface area (Å²) in [5, 5.41) is 40.6. The fourth-order valence-corrected chi connectivity index (χ4v) is 13.1. The first-order chi connectivity index (χ1) is 43.2. The molecule has 22 atom stereocenters. The maximum absolute atomic E-state index is 12.0. The number of rotatable bonds is 29. The van der Waals surface area contributed by atoms with E-state index in [1.165, 1.54) is 28.2 Å². The minimum absolute atomic E-state index is 0.0337. The van der Waals surface area contributed by atoms with Crippen molar-refractivity contribution >= 4 is 92.9 Å². The van der Waals surface area contributed by atoms with E-state index in [1.54, 1.807) is 34.7 Å². The van der Waals surface area contributed by atoms with Gasteiger partial charge in [-0.25, -0.2) is 6.57 Å². The highest BCUT2D eigenvalue weighted by Gasteiger charge is 2.48. The summed E-state index contributed by atoms with van der Waals surface area (Å²) in [6.45, 7) is 31.5. The summed E-state index contributed by atoms with van der Waals surface area (Å²) in [5.41, 5.74) is 0.380. The number of nitriles is 1. The number of aliphatic hydroxyl groups is 2. The van der Waals surface area contributed by atoms with Crippen LogP contribution in [0.25, 0.3) is 4.85 Å². The summed E-state index contributed by atoms with van der Waals surface area (Å²) in [6.07, 6.45) is -7.27. The van der Waals surface area contributed by atoms with Crippen LogP contribution in [0.3, 0.4) is 0 Å². The van der Waals surface area contributed by atoms with Gasteiger partial charge in [0.25, 0.3) is 0 Å². The van der Waals surface area contributed by atoms with E-state index in [-0.39, 0.29) is 66.7 Å². The van der Waals surface area contributed by atoms with E-state index in [9.17, 15) is 39.0 Å². The van der Waals surface area contributed by atoms with Crippen molar-refractivity contribution in [1.82, 2.24) is 26.6 Å². The van der Waals surface area contributed by atoms with Gasteiger partial charge in [0, 0.05) is 96.6 Å². The molecule has 92 heavy (non-hydrogen) atoms. The summed E-state index contributed by atoms with van der Waals surface area (Å²) in [4.78, 5) is 72.2. The lowest BCUT2D eigenvalue weighted by Crippen LogP contribution is -2.44. The standard InChI is InChI=1S/C15H25BN2O6.C14H24BN2O5P.2C10H18BNO4.C9H18ClN2P/c1-5-9-12(24-11(20)7-6-10(19)17-3)13(14(16)23-9)22-8(2)15(21)18-4;1-6-10-11(22-23(5)19-8-7-16-3)12(13(15)21-10)20-9(2)14(18)17-4;2*1-4-6-7(13)8(9(11)16-6)15-5(2)10(14)12-3;1-8(2)12-13(10,9(3)4)7-5-6-11/h8-9,12-14H,5-7H2,1-4H3,(H,17,19)(H,18,21);9-13H,6-8H2,1-2,4-5H3,(H,17,18);2*5-9,13H,4H2,1-3H3,(H,12,14);8-9H,5,7H2,1-4H3/t8?,9-,12?,13+,14-;9?,10-,11?,12+,13-,23?;2*5?,6-,7?,8+,9-;/m1111./s1.